The van der Waals surface area contributed by atoms with E-state index < -0.39 is 0 Å². The lowest BCUT2D eigenvalue weighted by Crippen LogP contribution is -2.60. The van der Waals surface area contributed by atoms with Crippen molar-refractivity contribution in [2.45, 2.75) is 65.5 Å². The van der Waals surface area contributed by atoms with Crippen molar-refractivity contribution in [2.75, 3.05) is 13.2 Å². The first-order chi connectivity index (χ1) is 13.8. The number of rotatable bonds is 6. The molecule has 1 aromatic rings. The van der Waals surface area contributed by atoms with Crippen LogP contribution < -0.4 is 10.6 Å². The fourth-order valence-corrected chi connectivity index (χ4v) is 6.25. The van der Waals surface area contributed by atoms with Gasteiger partial charge in [0.15, 0.2) is 12.1 Å². The number of aromatic nitrogens is 1. The summed E-state index contributed by atoms with van der Waals surface area (Å²) in [6.45, 7) is 9.80. The highest BCUT2D eigenvalue weighted by Crippen LogP contribution is 2.68. The Kier molecular flexibility index (Phi) is 5.21. The Morgan fingerprint density at radius 2 is 2.14 bits per heavy atom. The zero-order chi connectivity index (χ0) is 20.8. The molecule has 29 heavy (non-hydrogen) atoms. The van der Waals surface area contributed by atoms with Gasteiger partial charge in [-0.05, 0) is 48.3 Å². The number of carbonyl (C=O) groups excluding carboxylic acids is 2. The van der Waals surface area contributed by atoms with Crippen LogP contribution in [-0.4, -0.2) is 42.1 Å². The van der Waals surface area contributed by atoms with Crippen molar-refractivity contribution in [3.63, 3.8) is 0 Å². The molecule has 1 saturated heterocycles. The van der Waals surface area contributed by atoms with E-state index in [-0.39, 0.29) is 40.7 Å². The third-order valence-electron chi connectivity index (χ3n) is 7.81. The Balaban J connectivity index is 1.44. The van der Waals surface area contributed by atoms with Gasteiger partial charge >= 0.3 is 0 Å². The van der Waals surface area contributed by atoms with Gasteiger partial charge in [0.2, 0.25) is 5.91 Å². The summed E-state index contributed by atoms with van der Waals surface area (Å²) < 4.78 is 11.1. The van der Waals surface area contributed by atoms with Crippen LogP contribution in [0.4, 0.5) is 0 Å². The minimum absolute atomic E-state index is 0.0119. The fourth-order valence-electron chi connectivity index (χ4n) is 6.25. The summed E-state index contributed by atoms with van der Waals surface area (Å²) in [5.41, 5.74) is 0.506. The highest BCUT2D eigenvalue weighted by molar-refractivity contribution is 5.91. The van der Waals surface area contributed by atoms with E-state index in [1.807, 2.05) is 13.8 Å². The molecule has 7 nitrogen and oxygen atoms in total. The maximum Gasteiger partial charge on any atom is 0.273 e. The largest absolute Gasteiger partial charge is 0.451 e. The van der Waals surface area contributed by atoms with Gasteiger partial charge in [-0.15, -0.1) is 0 Å². The van der Waals surface area contributed by atoms with Gasteiger partial charge in [-0.25, -0.2) is 4.98 Å². The average Bonchev–Trinajstić information content (AvgIpc) is 3.37. The molecule has 2 N–H and O–H groups in total. The Morgan fingerprint density at radius 1 is 1.34 bits per heavy atom. The molecule has 4 rings (SSSR count). The Bertz CT molecular complexity index is 760. The number of nitrogens with one attached hydrogen (secondary N) is 2. The van der Waals surface area contributed by atoms with E-state index >= 15 is 0 Å². The molecule has 2 saturated carbocycles. The van der Waals surface area contributed by atoms with Crippen LogP contribution >= 0.6 is 0 Å². The SMILES string of the molecule is CC(C)C(=O)N[C@@H]1C(C)(C)[C@@H]2C[C@@H]3[C@@H](CCNC(=O)c4cocn4)OCCC31C2. The number of ether oxygens (including phenoxy) is 1. The predicted molar refractivity (Wildman–Crippen MR) is 107 cm³/mol. The third-order valence-corrected chi connectivity index (χ3v) is 7.81. The normalized spacial score (nSPS) is 34.8. The van der Waals surface area contributed by atoms with Crippen LogP contribution in [0.15, 0.2) is 17.1 Å². The number of amides is 2. The summed E-state index contributed by atoms with van der Waals surface area (Å²) in [6.07, 6.45) is 6.80. The van der Waals surface area contributed by atoms with Gasteiger partial charge in [0.05, 0.1) is 6.10 Å². The van der Waals surface area contributed by atoms with Crippen LogP contribution in [0.1, 0.15) is 63.9 Å². The van der Waals surface area contributed by atoms with Crippen molar-refractivity contribution in [2.24, 2.45) is 28.6 Å². The Hall–Kier alpha value is -1.89. The molecular formula is C22H33N3O4. The van der Waals surface area contributed by atoms with Gasteiger partial charge in [-0.3, -0.25) is 9.59 Å². The second-order valence-corrected chi connectivity index (χ2v) is 9.97. The monoisotopic (exact) mass is 403 g/mol. The van der Waals surface area contributed by atoms with E-state index in [0.717, 1.165) is 25.9 Å². The summed E-state index contributed by atoms with van der Waals surface area (Å²) in [7, 11) is 0. The van der Waals surface area contributed by atoms with Crippen LogP contribution in [0.3, 0.4) is 0 Å². The fraction of sp³-hybridized carbons (Fsp3) is 0.773. The van der Waals surface area contributed by atoms with Gasteiger partial charge in [-0.2, -0.15) is 0 Å². The smallest absolute Gasteiger partial charge is 0.273 e. The minimum atomic E-state index is -0.222. The maximum absolute atomic E-state index is 12.6. The molecule has 2 aliphatic carbocycles. The number of hydrogen-bond acceptors (Lipinski definition) is 5. The van der Waals surface area contributed by atoms with E-state index in [9.17, 15) is 9.59 Å². The summed E-state index contributed by atoms with van der Waals surface area (Å²) in [5, 5.41) is 6.34. The van der Waals surface area contributed by atoms with Gasteiger partial charge in [0, 0.05) is 25.1 Å². The number of oxazole rings is 1. The van der Waals surface area contributed by atoms with E-state index in [4.69, 9.17) is 9.15 Å². The van der Waals surface area contributed by atoms with Crippen LogP contribution in [0, 0.1) is 28.6 Å². The summed E-state index contributed by atoms with van der Waals surface area (Å²) in [4.78, 5) is 28.6. The summed E-state index contributed by atoms with van der Waals surface area (Å²) in [6, 6.07) is 0.185. The van der Waals surface area contributed by atoms with E-state index in [2.05, 4.69) is 29.5 Å². The Morgan fingerprint density at radius 3 is 2.83 bits per heavy atom. The second kappa shape index (κ2) is 7.42. The van der Waals surface area contributed by atoms with E-state index in [1.54, 1.807) is 0 Å². The molecular weight excluding hydrogens is 370 g/mol. The Labute approximate surface area is 172 Å². The molecule has 2 amide bonds. The lowest BCUT2D eigenvalue weighted by atomic mass is 9.59. The number of fused-ring (bicyclic) bond motifs is 1. The van der Waals surface area contributed by atoms with Gasteiger partial charge < -0.3 is 19.8 Å². The molecule has 2 bridgehead atoms. The average molecular weight is 404 g/mol. The first-order valence-electron chi connectivity index (χ1n) is 10.8. The van der Waals surface area contributed by atoms with E-state index in [0.29, 0.717) is 24.1 Å². The van der Waals surface area contributed by atoms with Crippen molar-refractivity contribution in [3.8, 4) is 0 Å². The zero-order valence-electron chi connectivity index (χ0n) is 17.9. The summed E-state index contributed by atoms with van der Waals surface area (Å²) >= 11 is 0. The van der Waals surface area contributed by atoms with Crippen molar-refractivity contribution < 1.29 is 18.7 Å². The zero-order valence-corrected chi connectivity index (χ0v) is 17.9. The predicted octanol–water partition coefficient (Wildman–Crippen LogP) is 2.78. The molecule has 0 aromatic carbocycles. The molecule has 3 fully saturated rings. The maximum atomic E-state index is 12.6. The quantitative estimate of drug-likeness (QED) is 0.762. The molecule has 1 aromatic heterocycles. The van der Waals surface area contributed by atoms with Crippen LogP contribution in [0.5, 0.6) is 0 Å². The van der Waals surface area contributed by atoms with Crippen LogP contribution in [0.2, 0.25) is 0 Å². The van der Waals surface area contributed by atoms with Gasteiger partial charge in [-0.1, -0.05) is 27.7 Å². The van der Waals surface area contributed by atoms with Crippen molar-refractivity contribution >= 4 is 11.8 Å². The van der Waals surface area contributed by atoms with Gasteiger partial charge in [0.25, 0.3) is 5.91 Å². The van der Waals surface area contributed by atoms with Gasteiger partial charge in [0.1, 0.15) is 6.26 Å². The summed E-state index contributed by atoms with van der Waals surface area (Å²) in [5.74, 6) is 0.934. The van der Waals surface area contributed by atoms with Crippen LogP contribution in [0.25, 0.3) is 0 Å². The molecule has 7 heteroatoms. The number of nitrogens with zero attached hydrogens (tertiary/aromatic N) is 1. The molecule has 1 spiro atoms. The van der Waals surface area contributed by atoms with Crippen LogP contribution in [-0.2, 0) is 9.53 Å². The molecule has 5 atom stereocenters. The van der Waals surface area contributed by atoms with E-state index in [1.165, 1.54) is 19.1 Å². The highest BCUT2D eigenvalue weighted by atomic mass is 16.5. The van der Waals surface area contributed by atoms with Crippen molar-refractivity contribution in [3.05, 3.63) is 18.4 Å². The molecule has 3 aliphatic rings. The highest BCUT2D eigenvalue weighted by Gasteiger charge is 2.68. The third kappa shape index (κ3) is 3.37. The molecule has 1 aliphatic heterocycles. The molecule has 2 heterocycles. The molecule has 0 radical (unpaired) electrons. The molecule has 160 valence electrons. The lowest BCUT2D eigenvalue weighted by Gasteiger charge is -2.53. The molecule has 1 unspecified atom stereocenters. The number of hydrogen-bond donors (Lipinski definition) is 2. The second-order valence-electron chi connectivity index (χ2n) is 9.97. The van der Waals surface area contributed by atoms with Crippen molar-refractivity contribution in [1.82, 2.24) is 15.6 Å². The number of carbonyl (C=O) groups is 2. The minimum Gasteiger partial charge on any atom is -0.451 e. The first-order valence-corrected chi connectivity index (χ1v) is 10.8. The first kappa shape index (κ1) is 20.4. The topological polar surface area (TPSA) is 93.5 Å². The lowest BCUT2D eigenvalue weighted by molar-refractivity contribution is -0.138. The van der Waals surface area contributed by atoms with Crippen molar-refractivity contribution in [1.29, 1.82) is 0 Å². The standard InChI is InChI=1S/C22H33N3O4/c1-13(2)18(26)25-20-21(3,4)14-9-15-17(29-8-6-22(15,20)10-14)5-7-23-19(27)16-11-28-12-24-16/h11-15,17,20H,5-10H2,1-4H3,(H,23,27)(H,25,26)/t14-,15-,17-,20-,22?/m1/s1.